The van der Waals surface area contributed by atoms with Gasteiger partial charge < -0.3 is 4.48 Å². The highest BCUT2D eigenvalue weighted by atomic mass is 15.3. The van der Waals surface area contributed by atoms with Crippen molar-refractivity contribution in [2.75, 3.05) is 20.6 Å². The van der Waals surface area contributed by atoms with E-state index in [0.29, 0.717) is 0 Å². The summed E-state index contributed by atoms with van der Waals surface area (Å²) in [5.74, 6) is 0. The molecule has 1 rings (SSSR count). The molecule has 0 amide bonds. The van der Waals surface area contributed by atoms with E-state index in [1.54, 1.807) is 0 Å². The van der Waals surface area contributed by atoms with Crippen LogP contribution < -0.4 is 0 Å². The molecular formula is C15H28N+. The summed E-state index contributed by atoms with van der Waals surface area (Å²) in [5, 5.41) is 0. The van der Waals surface area contributed by atoms with Gasteiger partial charge in [-0.15, -0.1) is 0 Å². The Morgan fingerprint density at radius 1 is 1.00 bits per heavy atom. The second-order valence-electron chi connectivity index (χ2n) is 4.83. The Labute approximate surface area is 102 Å². The SMILES string of the molecule is CC.CC[N+](C)(C)Cc1ccc(C)c(C)c1. The summed E-state index contributed by atoms with van der Waals surface area (Å²) in [6, 6.07) is 6.78. The van der Waals surface area contributed by atoms with Gasteiger partial charge in [0.05, 0.1) is 20.6 Å². The lowest BCUT2D eigenvalue weighted by Gasteiger charge is -2.28. The van der Waals surface area contributed by atoms with Crippen molar-refractivity contribution in [1.82, 2.24) is 0 Å². The molecule has 0 fully saturated rings. The van der Waals surface area contributed by atoms with E-state index < -0.39 is 0 Å². The fourth-order valence-corrected chi connectivity index (χ4v) is 1.51. The van der Waals surface area contributed by atoms with Gasteiger partial charge in [0.1, 0.15) is 6.54 Å². The van der Waals surface area contributed by atoms with Crippen LogP contribution in [-0.2, 0) is 6.54 Å². The summed E-state index contributed by atoms with van der Waals surface area (Å²) >= 11 is 0. The molecule has 0 N–H and O–H groups in total. The molecule has 1 heteroatoms. The van der Waals surface area contributed by atoms with Gasteiger partial charge in [-0.25, -0.2) is 0 Å². The maximum Gasteiger partial charge on any atom is 0.104 e. The molecule has 1 nitrogen and oxygen atoms in total. The zero-order valence-electron chi connectivity index (χ0n) is 12.1. The summed E-state index contributed by atoms with van der Waals surface area (Å²) in [6.07, 6.45) is 0. The van der Waals surface area contributed by atoms with E-state index in [4.69, 9.17) is 0 Å². The van der Waals surface area contributed by atoms with E-state index >= 15 is 0 Å². The van der Waals surface area contributed by atoms with Crippen molar-refractivity contribution in [2.24, 2.45) is 0 Å². The Morgan fingerprint density at radius 2 is 1.56 bits per heavy atom. The van der Waals surface area contributed by atoms with Crippen LogP contribution in [0, 0.1) is 13.8 Å². The first-order valence-electron chi connectivity index (χ1n) is 6.33. The third-order valence-electron chi connectivity index (χ3n) is 3.04. The lowest BCUT2D eigenvalue weighted by molar-refractivity contribution is -0.901. The number of hydrogen-bond donors (Lipinski definition) is 0. The Hall–Kier alpha value is -0.820. The summed E-state index contributed by atoms with van der Waals surface area (Å²) < 4.78 is 1.06. The average Bonchev–Trinajstić information content (AvgIpc) is 2.26. The van der Waals surface area contributed by atoms with Gasteiger partial charge >= 0.3 is 0 Å². The number of nitrogens with zero attached hydrogens (tertiary/aromatic N) is 1. The highest BCUT2D eigenvalue weighted by molar-refractivity contribution is 5.29. The van der Waals surface area contributed by atoms with Gasteiger partial charge in [-0.05, 0) is 31.9 Å². The first kappa shape index (κ1) is 15.2. The minimum absolute atomic E-state index is 1.06. The van der Waals surface area contributed by atoms with Gasteiger partial charge in [0.15, 0.2) is 0 Å². The lowest BCUT2D eigenvalue weighted by Crippen LogP contribution is -2.38. The van der Waals surface area contributed by atoms with Crippen molar-refractivity contribution in [3.63, 3.8) is 0 Å². The van der Waals surface area contributed by atoms with Crippen LogP contribution >= 0.6 is 0 Å². The average molecular weight is 222 g/mol. The molecular weight excluding hydrogens is 194 g/mol. The van der Waals surface area contributed by atoms with Crippen molar-refractivity contribution in [1.29, 1.82) is 0 Å². The van der Waals surface area contributed by atoms with Crippen LogP contribution in [0.4, 0.5) is 0 Å². The highest BCUT2D eigenvalue weighted by Crippen LogP contribution is 2.13. The van der Waals surface area contributed by atoms with Crippen LogP contribution in [0.3, 0.4) is 0 Å². The first-order valence-corrected chi connectivity index (χ1v) is 6.33. The van der Waals surface area contributed by atoms with Crippen LogP contribution in [0.25, 0.3) is 0 Å². The molecule has 0 unspecified atom stereocenters. The van der Waals surface area contributed by atoms with E-state index in [0.717, 1.165) is 11.0 Å². The fraction of sp³-hybridized carbons (Fsp3) is 0.600. The second-order valence-corrected chi connectivity index (χ2v) is 4.83. The monoisotopic (exact) mass is 222 g/mol. The zero-order valence-corrected chi connectivity index (χ0v) is 12.1. The zero-order chi connectivity index (χ0) is 12.8. The Bertz CT molecular complexity index is 313. The van der Waals surface area contributed by atoms with Crippen LogP contribution in [-0.4, -0.2) is 25.1 Å². The molecule has 0 spiro atoms. The molecule has 1 aromatic carbocycles. The smallest absolute Gasteiger partial charge is 0.104 e. The van der Waals surface area contributed by atoms with Crippen molar-refractivity contribution in [3.05, 3.63) is 34.9 Å². The second kappa shape index (κ2) is 6.70. The summed E-state index contributed by atoms with van der Waals surface area (Å²) in [4.78, 5) is 0. The summed E-state index contributed by atoms with van der Waals surface area (Å²) in [7, 11) is 4.55. The van der Waals surface area contributed by atoms with Crippen LogP contribution in [0.5, 0.6) is 0 Å². The predicted octanol–water partition coefficient (Wildman–Crippen LogP) is 3.93. The molecule has 0 saturated carbocycles. The number of hydrogen-bond acceptors (Lipinski definition) is 0. The molecule has 92 valence electrons. The lowest BCUT2D eigenvalue weighted by atomic mass is 10.1. The first-order chi connectivity index (χ1) is 7.44. The fourth-order valence-electron chi connectivity index (χ4n) is 1.51. The predicted molar refractivity (Wildman–Crippen MR) is 73.6 cm³/mol. The van der Waals surface area contributed by atoms with Gasteiger partial charge in [-0.2, -0.15) is 0 Å². The van der Waals surface area contributed by atoms with Gasteiger partial charge in [-0.1, -0.05) is 32.0 Å². The summed E-state index contributed by atoms with van der Waals surface area (Å²) in [5.41, 5.74) is 4.23. The molecule has 0 atom stereocenters. The molecule has 0 aliphatic rings. The topological polar surface area (TPSA) is 0 Å². The Balaban J connectivity index is 0.00000106. The Kier molecular flexibility index (Phi) is 6.35. The van der Waals surface area contributed by atoms with Gasteiger partial charge in [0.25, 0.3) is 0 Å². The van der Waals surface area contributed by atoms with Crippen molar-refractivity contribution < 1.29 is 4.48 Å². The van der Waals surface area contributed by atoms with Gasteiger partial charge in [0.2, 0.25) is 0 Å². The quantitative estimate of drug-likeness (QED) is 0.680. The number of quaternary nitrogens is 1. The van der Waals surface area contributed by atoms with Crippen LogP contribution in [0.2, 0.25) is 0 Å². The van der Waals surface area contributed by atoms with E-state index in [9.17, 15) is 0 Å². The van der Waals surface area contributed by atoms with E-state index in [1.165, 1.54) is 23.2 Å². The normalized spacial score (nSPS) is 10.7. The number of rotatable bonds is 3. The molecule has 0 radical (unpaired) electrons. The molecule has 1 aromatic rings. The van der Waals surface area contributed by atoms with Crippen molar-refractivity contribution >= 4 is 0 Å². The molecule has 16 heavy (non-hydrogen) atoms. The molecule has 0 saturated heterocycles. The minimum atomic E-state index is 1.06. The van der Waals surface area contributed by atoms with Gasteiger partial charge in [0, 0.05) is 5.56 Å². The molecule has 0 aliphatic heterocycles. The summed E-state index contributed by atoms with van der Waals surface area (Å²) in [6.45, 7) is 12.9. The third-order valence-corrected chi connectivity index (χ3v) is 3.04. The van der Waals surface area contributed by atoms with Crippen molar-refractivity contribution in [3.8, 4) is 0 Å². The molecule has 0 bridgehead atoms. The maximum absolute atomic E-state index is 2.31. The Morgan fingerprint density at radius 3 is 2.00 bits per heavy atom. The standard InChI is InChI=1S/C13H22N.C2H6/c1-6-14(4,5)10-13-8-7-11(2)12(3)9-13;1-2/h7-9H,6,10H2,1-5H3;1-2H3/q+1;. The number of benzene rings is 1. The van der Waals surface area contributed by atoms with Crippen LogP contribution in [0.1, 0.15) is 37.5 Å². The number of aryl methyl sites for hydroxylation is 2. The van der Waals surface area contributed by atoms with Crippen molar-refractivity contribution in [2.45, 2.75) is 41.2 Å². The van der Waals surface area contributed by atoms with Gasteiger partial charge in [-0.3, -0.25) is 0 Å². The molecule has 0 aromatic heterocycles. The van der Waals surface area contributed by atoms with E-state index in [-0.39, 0.29) is 0 Å². The molecule has 0 heterocycles. The molecule has 0 aliphatic carbocycles. The maximum atomic E-state index is 2.31. The van der Waals surface area contributed by atoms with Crippen LogP contribution in [0.15, 0.2) is 18.2 Å². The largest absolute Gasteiger partial charge is 0.325 e. The highest BCUT2D eigenvalue weighted by Gasteiger charge is 2.12. The minimum Gasteiger partial charge on any atom is -0.325 e. The van der Waals surface area contributed by atoms with E-state index in [1.807, 2.05) is 13.8 Å². The van der Waals surface area contributed by atoms with E-state index in [2.05, 4.69) is 53.1 Å². The third kappa shape index (κ3) is 4.80.